The lowest BCUT2D eigenvalue weighted by atomic mass is 9.91. The molecule has 0 aromatic heterocycles. The van der Waals surface area contributed by atoms with Crippen molar-refractivity contribution in [1.82, 2.24) is 4.90 Å². The molecule has 0 radical (unpaired) electrons. The quantitative estimate of drug-likeness (QED) is 0.867. The van der Waals surface area contributed by atoms with Crippen LogP contribution < -0.4 is 0 Å². The molecule has 0 N–H and O–H groups in total. The average molecular weight is 325 g/mol. The van der Waals surface area contributed by atoms with Gasteiger partial charge >= 0.3 is 0 Å². The van der Waals surface area contributed by atoms with Gasteiger partial charge in [-0.2, -0.15) is 0 Å². The molecule has 2 aliphatic heterocycles. The van der Waals surface area contributed by atoms with E-state index in [1.807, 2.05) is 35.2 Å². The van der Waals surface area contributed by atoms with E-state index < -0.39 is 0 Å². The summed E-state index contributed by atoms with van der Waals surface area (Å²) in [5.41, 5.74) is 0.766. The van der Waals surface area contributed by atoms with Crippen molar-refractivity contribution in [2.45, 2.75) is 12.5 Å². The molecule has 0 unspecified atom stereocenters. The SMILES string of the molecule is COCC[C@@H]1CO[C@@H]2CN(C(=O)c3ccc4ccccc4c3)C[C@H]12. The molecular formula is C20H23NO3. The third-order valence-corrected chi connectivity index (χ3v) is 5.42. The number of carbonyl (C=O) groups excluding carboxylic acids is 1. The van der Waals surface area contributed by atoms with Crippen LogP contribution in [-0.4, -0.2) is 50.3 Å². The molecule has 3 atom stereocenters. The normalized spacial score (nSPS) is 26.0. The summed E-state index contributed by atoms with van der Waals surface area (Å²) in [7, 11) is 1.73. The lowest BCUT2D eigenvalue weighted by Gasteiger charge is -2.20. The Hall–Kier alpha value is -1.91. The smallest absolute Gasteiger partial charge is 0.253 e. The molecule has 2 aliphatic rings. The van der Waals surface area contributed by atoms with Crippen molar-refractivity contribution < 1.29 is 14.3 Å². The molecule has 2 fully saturated rings. The monoisotopic (exact) mass is 325 g/mol. The molecule has 24 heavy (non-hydrogen) atoms. The van der Waals surface area contributed by atoms with Gasteiger partial charge < -0.3 is 14.4 Å². The summed E-state index contributed by atoms with van der Waals surface area (Å²) in [6.07, 6.45) is 1.20. The Balaban J connectivity index is 1.49. The number of carbonyl (C=O) groups is 1. The van der Waals surface area contributed by atoms with Crippen LogP contribution in [0.3, 0.4) is 0 Å². The van der Waals surface area contributed by atoms with E-state index in [0.717, 1.165) is 42.5 Å². The number of methoxy groups -OCH3 is 1. The number of rotatable bonds is 4. The number of amides is 1. The van der Waals surface area contributed by atoms with Crippen LogP contribution in [0.4, 0.5) is 0 Å². The van der Waals surface area contributed by atoms with Gasteiger partial charge in [0, 0.05) is 38.3 Å². The van der Waals surface area contributed by atoms with E-state index in [9.17, 15) is 4.79 Å². The zero-order valence-electron chi connectivity index (χ0n) is 14.0. The summed E-state index contributed by atoms with van der Waals surface area (Å²) in [5.74, 6) is 1.07. The van der Waals surface area contributed by atoms with Crippen LogP contribution in [0, 0.1) is 11.8 Å². The molecule has 0 bridgehead atoms. The Kier molecular flexibility index (Phi) is 4.25. The van der Waals surface area contributed by atoms with Crippen LogP contribution in [0.2, 0.25) is 0 Å². The van der Waals surface area contributed by atoms with E-state index in [1.165, 1.54) is 0 Å². The summed E-state index contributed by atoms with van der Waals surface area (Å²) < 4.78 is 11.1. The summed E-state index contributed by atoms with van der Waals surface area (Å²) in [4.78, 5) is 14.8. The highest BCUT2D eigenvalue weighted by molar-refractivity contribution is 5.98. The first-order valence-electron chi connectivity index (χ1n) is 8.65. The third-order valence-electron chi connectivity index (χ3n) is 5.42. The summed E-state index contributed by atoms with van der Waals surface area (Å²) in [6, 6.07) is 14.1. The molecule has 0 spiro atoms. The predicted molar refractivity (Wildman–Crippen MR) is 93.1 cm³/mol. The number of hydrogen-bond donors (Lipinski definition) is 0. The van der Waals surface area contributed by atoms with E-state index in [2.05, 4.69) is 12.1 Å². The minimum absolute atomic E-state index is 0.115. The highest BCUT2D eigenvalue weighted by atomic mass is 16.5. The minimum Gasteiger partial charge on any atom is -0.385 e. The fourth-order valence-corrected chi connectivity index (χ4v) is 4.04. The molecule has 126 valence electrons. The van der Waals surface area contributed by atoms with Crippen LogP contribution in [0.1, 0.15) is 16.8 Å². The number of ether oxygens (including phenoxy) is 2. The molecule has 2 aromatic rings. The van der Waals surface area contributed by atoms with Gasteiger partial charge in [-0.05, 0) is 35.2 Å². The average Bonchev–Trinajstić information content (AvgIpc) is 3.20. The van der Waals surface area contributed by atoms with Gasteiger partial charge in [0.25, 0.3) is 5.91 Å². The maximum atomic E-state index is 12.9. The van der Waals surface area contributed by atoms with Crippen molar-refractivity contribution in [3.05, 3.63) is 48.0 Å². The van der Waals surface area contributed by atoms with Gasteiger partial charge in [-0.15, -0.1) is 0 Å². The fourth-order valence-electron chi connectivity index (χ4n) is 4.04. The van der Waals surface area contributed by atoms with E-state index in [1.54, 1.807) is 7.11 Å². The van der Waals surface area contributed by atoms with E-state index in [0.29, 0.717) is 18.4 Å². The topological polar surface area (TPSA) is 38.8 Å². The summed E-state index contributed by atoms with van der Waals surface area (Å²) in [6.45, 7) is 3.07. The van der Waals surface area contributed by atoms with Crippen LogP contribution in [0.25, 0.3) is 10.8 Å². The highest BCUT2D eigenvalue weighted by Gasteiger charge is 2.44. The van der Waals surface area contributed by atoms with Gasteiger partial charge in [-0.25, -0.2) is 0 Å². The molecular weight excluding hydrogens is 302 g/mol. The van der Waals surface area contributed by atoms with Gasteiger partial charge in [-0.3, -0.25) is 4.79 Å². The molecule has 0 aliphatic carbocycles. The highest BCUT2D eigenvalue weighted by Crippen LogP contribution is 2.36. The van der Waals surface area contributed by atoms with Crippen molar-refractivity contribution in [3.63, 3.8) is 0 Å². The Morgan fingerprint density at radius 3 is 2.88 bits per heavy atom. The maximum absolute atomic E-state index is 12.9. The van der Waals surface area contributed by atoms with Crippen LogP contribution >= 0.6 is 0 Å². The Bertz CT molecular complexity index is 744. The third kappa shape index (κ3) is 2.80. The second-order valence-electron chi connectivity index (χ2n) is 6.85. The van der Waals surface area contributed by atoms with Crippen molar-refractivity contribution in [2.24, 2.45) is 11.8 Å². The van der Waals surface area contributed by atoms with Crippen molar-refractivity contribution >= 4 is 16.7 Å². The number of fused-ring (bicyclic) bond motifs is 2. The first-order chi connectivity index (χ1) is 11.8. The van der Waals surface area contributed by atoms with Crippen molar-refractivity contribution in [1.29, 1.82) is 0 Å². The predicted octanol–water partition coefficient (Wildman–Crippen LogP) is 2.96. The lowest BCUT2D eigenvalue weighted by molar-refractivity contribution is 0.0666. The Morgan fingerprint density at radius 1 is 1.21 bits per heavy atom. The van der Waals surface area contributed by atoms with Gasteiger partial charge in [0.2, 0.25) is 0 Å². The van der Waals surface area contributed by atoms with Gasteiger partial charge in [0.05, 0.1) is 12.7 Å². The first kappa shape index (κ1) is 15.6. The number of nitrogens with zero attached hydrogens (tertiary/aromatic N) is 1. The van der Waals surface area contributed by atoms with Gasteiger partial charge in [-0.1, -0.05) is 30.3 Å². The molecule has 1 amide bonds. The molecule has 2 saturated heterocycles. The van der Waals surface area contributed by atoms with E-state index in [4.69, 9.17) is 9.47 Å². The minimum atomic E-state index is 0.115. The second kappa shape index (κ2) is 6.54. The maximum Gasteiger partial charge on any atom is 0.253 e. The Labute approximate surface area is 142 Å². The molecule has 2 heterocycles. The number of likely N-dealkylation sites (tertiary alicyclic amines) is 1. The van der Waals surface area contributed by atoms with E-state index in [-0.39, 0.29) is 12.0 Å². The molecule has 4 heteroatoms. The van der Waals surface area contributed by atoms with Crippen molar-refractivity contribution in [2.75, 3.05) is 33.4 Å². The van der Waals surface area contributed by atoms with Crippen LogP contribution in [0.15, 0.2) is 42.5 Å². The van der Waals surface area contributed by atoms with Crippen LogP contribution in [-0.2, 0) is 9.47 Å². The largest absolute Gasteiger partial charge is 0.385 e. The Morgan fingerprint density at radius 2 is 2.04 bits per heavy atom. The van der Waals surface area contributed by atoms with Crippen LogP contribution in [0.5, 0.6) is 0 Å². The molecule has 2 aromatic carbocycles. The molecule has 4 rings (SSSR count). The second-order valence-corrected chi connectivity index (χ2v) is 6.85. The first-order valence-corrected chi connectivity index (χ1v) is 8.65. The summed E-state index contributed by atoms with van der Waals surface area (Å²) in [5, 5.41) is 2.27. The lowest BCUT2D eigenvalue weighted by Crippen LogP contribution is -2.31. The standard InChI is InChI=1S/C20H23NO3/c1-23-9-8-17-13-24-19-12-21(11-18(17)19)20(22)16-7-6-14-4-2-3-5-15(14)10-16/h2-7,10,17-19H,8-9,11-13H2,1H3/t17-,18-,19-/m1/s1. The fraction of sp³-hybridized carbons (Fsp3) is 0.450. The number of hydrogen-bond acceptors (Lipinski definition) is 3. The molecule has 0 saturated carbocycles. The number of benzene rings is 2. The molecule has 4 nitrogen and oxygen atoms in total. The van der Waals surface area contributed by atoms with Gasteiger partial charge in [0.15, 0.2) is 0 Å². The van der Waals surface area contributed by atoms with Gasteiger partial charge in [0.1, 0.15) is 0 Å². The van der Waals surface area contributed by atoms with E-state index >= 15 is 0 Å². The van der Waals surface area contributed by atoms with Crippen molar-refractivity contribution in [3.8, 4) is 0 Å². The zero-order chi connectivity index (χ0) is 16.5. The summed E-state index contributed by atoms with van der Waals surface area (Å²) >= 11 is 0. The zero-order valence-corrected chi connectivity index (χ0v) is 14.0.